The Labute approximate surface area is 91.5 Å². The smallest absolute Gasteiger partial charge is 0.239 e. The van der Waals surface area contributed by atoms with Gasteiger partial charge < -0.3 is 15.8 Å². The first-order valence-corrected chi connectivity index (χ1v) is 5.65. The van der Waals surface area contributed by atoms with Gasteiger partial charge in [0, 0.05) is 19.8 Å². The van der Waals surface area contributed by atoms with Crippen LogP contribution in [0.15, 0.2) is 0 Å². The van der Waals surface area contributed by atoms with Crippen molar-refractivity contribution in [3.05, 3.63) is 0 Å². The van der Waals surface area contributed by atoms with Crippen molar-refractivity contribution in [1.82, 2.24) is 5.32 Å². The molecule has 1 fully saturated rings. The van der Waals surface area contributed by atoms with Crippen LogP contribution in [0.1, 0.15) is 33.1 Å². The van der Waals surface area contributed by atoms with Crippen molar-refractivity contribution in [1.29, 1.82) is 0 Å². The summed E-state index contributed by atoms with van der Waals surface area (Å²) in [6.07, 6.45) is 3.49. The molecule has 0 aromatic carbocycles. The van der Waals surface area contributed by atoms with Gasteiger partial charge in [-0.25, -0.2) is 0 Å². The Kier molecular flexibility index (Phi) is 4.54. The molecule has 3 N–H and O–H groups in total. The van der Waals surface area contributed by atoms with E-state index in [9.17, 15) is 4.79 Å². The minimum Gasteiger partial charge on any atom is -0.381 e. The summed E-state index contributed by atoms with van der Waals surface area (Å²) in [6.45, 7) is 5.65. The molecule has 0 aromatic rings. The van der Waals surface area contributed by atoms with Crippen molar-refractivity contribution in [3.8, 4) is 0 Å². The third-order valence-electron chi connectivity index (χ3n) is 2.39. The quantitative estimate of drug-likeness (QED) is 0.612. The molecule has 0 heterocycles. The van der Waals surface area contributed by atoms with Gasteiger partial charge >= 0.3 is 0 Å². The molecule has 0 aromatic heterocycles. The number of carbonyl (C=O) groups is 1. The minimum atomic E-state index is -0.783. The Morgan fingerprint density at radius 3 is 2.73 bits per heavy atom. The maximum absolute atomic E-state index is 11.3. The summed E-state index contributed by atoms with van der Waals surface area (Å²) < 4.78 is 5.44. The molecule has 1 aliphatic carbocycles. The molecule has 0 bridgehead atoms. The lowest BCUT2D eigenvalue weighted by Gasteiger charge is -2.17. The van der Waals surface area contributed by atoms with Crippen LogP contribution in [-0.4, -0.2) is 31.2 Å². The molecule has 4 nitrogen and oxygen atoms in total. The van der Waals surface area contributed by atoms with Gasteiger partial charge in [0.15, 0.2) is 0 Å². The first-order valence-electron chi connectivity index (χ1n) is 5.65. The van der Waals surface area contributed by atoms with Crippen LogP contribution in [0.25, 0.3) is 0 Å². The maximum atomic E-state index is 11.3. The largest absolute Gasteiger partial charge is 0.381 e. The Bertz CT molecular complexity index is 207. The van der Waals surface area contributed by atoms with E-state index in [-0.39, 0.29) is 5.91 Å². The highest BCUT2D eigenvalue weighted by atomic mass is 16.5. The highest BCUT2D eigenvalue weighted by Gasteiger charge is 2.21. The normalized spacial score (nSPS) is 16.5. The zero-order valence-corrected chi connectivity index (χ0v) is 9.71. The van der Waals surface area contributed by atoms with E-state index in [1.807, 2.05) is 0 Å². The van der Waals surface area contributed by atoms with Gasteiger partial charge in [-0.15, -0.1) is 0 Å². The van der Waals surface area contributed by atoms with E-state index in [1.54, 1.807) is 13.8 Å². The van der Waals surface area contributed by atoms with Crippen LogP contribution in [0.5, 0.6) is 0 Å². The van der Waals surface area contributed by atoms with Gasteiger partial charge in [-0.05, 0) is 39.0 Å². The summed E-state index contributed by atoms with van der Waals surface area (Å²) in [4.78, 5) is 11.3. The van der Waals surface area contributed by atoms with Crippen molar-refractivity contribution in [2.24, 2.45) is 11.7 Å². The summed E-state index contributed by atoms with van der Waals surface area (Å²) in [6, 6.07) is 0. The summed E-state index contributed by atoms with van der Waals surface area (Å²) in [5, 5.41) is 2.78. The number of ether oxygens (including phenoxy) is 1. The second-order valence-corrected chi connectivity index (χ2v) is 4.85. The fraction of sp³-hybridized carbons (Fsp3) is 0.909. The van der Waals surface area contributed by atoms with Crippen molar-refractivity contribution in [2.45, 2.75) is 38.6 Å². The summed E-state index contributed by atoms with van der Waals surface area (Å²) in [7, 11) is 0. The van der Waals surface area contributed by atoms with Crippen molar-refractivity contribution in [2.75, 3.05) is 19.8 Å². The molecular weight excluding hydrogens is 192 g/mol. The molecule has 0 unspecified atom stereocenters. The van der Waals surface area contributed by atoms with E-state index < -0.39 is 5.54 Å². The number of hydrogen-bond acceptors (Lipinski definition) is 3. The fourth-order valence-corrected chi connectivity index (χ4v) is 1.14. The topological polar surface area (TPSA) is 64.4 Å². The summed E-state index contributed by atoms with van der Waals surface area (Å²) in [5.41, 5.74) is 4.84. The second kappa shape index (κ2) is 5.47. The zero-order valence-electron chi connectivity index (χ0n) is 9.71. The zero-order chi connectivity index (χ0) is 11.3. The molecule has 1 aliphatic rings. The van der Waals surface area contributed by atoms with Crippen LogP contribution in [0.2, 0.25) is 0 Å². The van der Waals surface area contributed by atoms with Crippen molar-refractivity contribution < 1.29 is 9.53 Å². The Morgan fingerprint density at radius 2 is 2.20 bits per heavy atom. The van der Waals surface area contributed by atoms with Crippen LogP contribution in [0.3, 0.4) is 0 Å². The minimum absolute atomic E-state index is 0.107. The number of hydrogen-bond donors (Lipinski definition) is 2. The van der Waals surface area contributed by atoms with Gasteiger partial charge in [-0.3, -0.25) is 4.79 Å². The predicted octanol–water partition coefficient (Wildman–Crippen LogP) is 0.657. The van der Waals surface area contributed by atoms with Gasteiger partial charge in [0.05, 0.1) is 5.54 Å². The van der Waals surface area contributed by atoms with Gasteiger partial charge in [-0.2, -0.15) is 0 Å². The molecule has 1 saturated carbocycles. The molecule has 0 radical (unpaired) electrons. The van der Waals surface area contributed by atoms with Crippen LogP contribution in [0, 0.1) is 5.92 Å². The average molecular weight is 214 g/mol. The molecule has 15 heavy (non-hydrogen) atoms. The third kappa shape index (κ3) is 5.74. The number of rotatable bonds is 7. The van der Waals surface area contributed by atoms with Gasteiger partial charge in [0.25, 0.3) is 0 Å². The standard InChI is InChI=1S/C11H22N2O2/c1-11(2,12)10(14)13-6-3-7-15-8-9-4-5-9/h9H,3-8,12H2,1-2H3,(H,13,14). The monoisotopic (exact) mass is 214 g/mol. The molecule has 0 atom stereocenters. The molecule has 4 heteroatoms. The molecule has 0 aliphatic heterocycles. The average Bonchev–Trinajstić information content (AvgIpc) is 2.92. The Morgan fingerprint density at radius 1 is 1.53 bits per heavy atom. The second-order valence-electron chi connectivity index (χ2n) is 4.85. The highest BCUT2D eigenvalue weighted by molar-refractivity contribution is 5.84. The third-order valence-corrected chi connectivity index (χ3v) is 2.39. The Hall–Kier alpha value is -0.610. The lowest BCUT2D eigenvalue weighted by molar-refractivity contribution is -0.125. The van der Waals surface area contributed by atoms with Gasteiger partial charge in [-0.1, -0.05) is 0 Å². The van der Waals surface area contributed by atoms with E-state index in [1.165, 1.54) is 12.8 Å². The van der Waals surface area contributed by atoms with Crippen LogP contribution in [0.4, 0.5) is 0 Å². The lowest BCUT2D eigenvalue weighted by Crippen LogP contribution is -2.49. The maximum Gasteiger partial charge on any atom is 0.239 e. The van der Waals surface area contributed by atoms with E-state index in [0.29, 0.717) is 6.54 Å². The highest BCUT2D eigenvalue weighted by Crippen LogP contribution is 2.28. The van der Waals surface area contributed by atoms with Gasteiger partial charge in [0.1, 0.15) is 0 Å². The van der Waals surface area contributed by atoms with E-state index in [2.05, 4.69) is 5.32 Å². The summed E-state index contributed by atoms with van der Waals surface area (Å²) in [5.74, 6) is 0.701. The predicted molar refractivity (Wildman–Crippen MR) is 59.4 cm³/mol. The van der Waals surface area contributed by atoms with Crippen LogP contribution in [-0.2, 0) is 9.53 Å². The first-order chi connectivity index (χ1) is 7.00. The molecule has 0 saturated heterocycles. The molecule has 88 valence electrons. The van der Waals surface area contributed by atoms with Gasteiger partial charge in [0.2, 0.25) is 5.91 Å². The SMILES string of the molecule is CC(C)(N)C(=O)NCCCOCC1CC1. The van der Waals surface area contributed by atoms with Crippen LogP contribution < -0.4 is 11.1 Å². The van der Waals surface area contributed by atoms with E-state index in [4.69, 9.17) is 10.5 Å². The number of nitrogens with one attached hydrogen (secondary N) is 1. The van der Waals surface area contributed by atoms with Crippen molar-refractivity contribution >= 4 is 5.91 Å². The van der Waals surface area contributed by atoms with E-state index in [0.717, 1.165) is 25.6 Å². The van der Waals surface area contributed by atoms with E-state index >= 15 is 0 Å². The first kappa shape index (κ1) is 12.5. The number of carbonyl (C=O) groups excluding carboxylic acids is 1. The van der Waals surface area contributed by atoms with Crippen molar-refractivity contribution in [3.63, 3.8) is 0 Å². The van der Waals surface area contributed by atoms with Crippen LogP contribution >= 0.6 is 0 Å². The molecule has 1 amide bonds. The summed E-state index contributed by atoms with van der Waals surface area (Å²) >= 11 is 0. The fourth-order valence-electron chi connectivity index (χ4n) is 1.14. The molecular formula is C11H22N2O2. The Balaban J connectivity index is 1.89. The molecule has 0 spiro atoms. The number of amides is 1. The molecule has 1 rings (SSSR count). The lowest BCUT2D eigenvalue weighted by atomic mass is 10.1. The number of nitrogens with two attached hydrogens (primary N) is 1.